The number of para-hydroxylation sites is 1. The molecule has 3 aliphatic rings. The molecule has 2 unspecified atom stereocenters. The van der Waals surface area contributed by atoms with Crippen LogP contribution in [0, 0.1) is 0 Å². The number of nitrogens with zero attached hydrogens (tertiary/aromatic N) is 3. The predicted octanol–water partition coefficient (Wildman–Crippen LogP) is 6.18. The molecule has 7 rings (SSSR count). The average Bonchev–Trinajstić information content (AvgIpc) is 3.46. The lowest BCUT2D eigenvalue weighted by Crippen LogP contribution is -2.45. The van der Waals surface area contributed by atoms with Crippen molar-refractivity contribution in [3.8, 4) is 28.4 Å². The molecule has 9 nitrogen and oxygen atoms in total. The van der Waals surface area contributed by atoms with Gasteiger partial charge in [-0.2, -0.15) is 0 Å². The number of anilines is 1. The Morgan fingerprint density at radius 3 is 2.34 bits per heavy atom. The Morgan fingerprint density at radius 1 is 0.951 bits per heavy atom. The number of benzene rings is 2. The van der Waals surface area contributed by atoms with Gasteiger partial charge in [0.1, 0.15) is 17.2 Å². The molecule has 12 heteroatoms. The molecular formula is C29H27F3N4O5. The zero-order chi connectivity index (χ0) is 28.1. The number of aromatic nitrogens is 3. The Morgan fingerprint density at radius 2 is 1.68 bits per heavy atom. The number of halogens is 3. The lowest BCUT2D eigenvalue weighted by molar-refractivity contribution is -0.274. The molecule has 0 spiro atoms. The number of H-pyrrole nitrogens is 1. The molecule has 0 radical (unpaired) electrons. The van der Waals surface area contributed by atoms with Crippen molar-refractivity contribution in [3.05, 3.63) is 70.4 Å². The molecule has 1 saturated carbocycles. The molecule has 2 bridgehead atoms. The first-order chi connectivity index (χ1) is 19.8. The normalized spacial score (nSPS) is 22.3. The summed E-state index contributed by atoms with van der Waals surface area (Å²) in [5.41, 5.74) is 3.13. The number of nitrogens with one attached hydrogen (secondary N) is 1. The summed E-state index contributed by atoms with van der Waals surface area (Å²) < 4.78 is 60.3. The summed E-state index contributed by atoms with van der Waals surface area (Å²) in [5.74, 6) is 0.384. The minimum absolute atomic E-state index is 0.000277. The SMILES string of the molecule is O=c1[nH]c(-c2ccc(N3C4CCC3CC(OCc3c(-c5ccccc5OC(F)(F)F)noc3C3CC3)C4)cc2)no1. The van der Waals surface area contributed by atoms with Crippen LogP contribution in [0.25, 0.3) is 22.6 Å². The van der Waals surface area contributed by atoms with Crippen LogP contribution < -0.4 is 15.4 Å². The standard InChI is InChI=1S/C29H27F3N4O5/c30-29(31,32)39-24-4-2-1-3-22(24)25-23(26(40-34-25)16-5-6-16)15-38-21-13-19-11-12-20(14-21)36(19)18-9-7-17(8-10-18)27-33-28(37)41-35-27/h1-4,7-10,16,19-21H,5-6,11-15H2,(H,33,35,37). The lowest BCUT2D eigenvalue weighted by Gasteiger charge is -2.40. The van der Waals surface area contributed by atoms with Gasteiger partial charge in [0.25, 0.3) is 0 Å². The number of alkyl halides is 3. The van der Waals surface area contributed by atoms with Crippen molar-refractivity contribution in [3.63, 3.8) is 0 Å². The fraction of sp³-hybridized carbons (Fsp3) is 0.414. The summed E-state index contributed by atoms with van der Waals surface area (Å²) in [7, 11) is 0. The molecule has 214 valence electrons. The van der Waals surface area contributed by atoms with Crippen molar-refractivity contribution in [2.45, 2.75) is 75.6 Å². The molecule has 2 atom stereocenters. The molecule has 2 aromatic heterocycles. The van der Waals surface area contributed by atoms with Crippen molar-refractivity contribution < 1.29 is 31.7 Å². The van der Waals surface area contributed by atoms with Crippen LogP contribution in [0.2, 0.25) is 0 Å². The molecule has 4 aromatic rings. The van der Waals surface area contributed by atoms with Gasteiger partial charge in [0, 0.05) is 40.4 Å². The first-order valence-electron chi connectivity index (χ1n) is 13.7. The monoisotopic (exact) mass is 568 g/mol. The molecular weight excluding hydrogens is 541 g/mol. The predicted molar refractivity (Wildman–Crippen MR) is 140 cm³/mol. The maximum absolute atomic E-state index is 13.1. The molecule has 1 aliphatic carbocycles. The van der Waals surface area contributed by atoms with E-state index in [4.69, 9.17) is 9.26 Å². The van der Waals surface area contributed by atoms with Crippen LogP contribution in [0.3, 0.4) is 0 Å². The molecule has 41 heavy (non-hydrogen) atoms. The maximum Gasteiger partial charge on any atom is 0.573 e. The van der Waals surface area contributed by atoms with E-state index in [1.807, 2.05) is 24.3 Å². The third kappa shape index (κ3) is 5.23. The quantitative estimate of drug-likeness (QED) is 0.269. The molecule has 0 amide bonds. The van der Waals surface area contributed by atoms with Crippen LogP contribution in [0.1, 0.15) is 55.8 Å². The van der Waals surface area contributed by atoms with Gasteiger partial charge in [-0.15, -0.1) is 13.2 Å². The van der Waals surface area contributed by atoms with Crippen LogP contribution in [0.4, 0.5) is 18.9 Å². The fourth-order valence-electron chi connectivity index (χ4n) is 6.25. The van der Waals surface area contributed by atoms with Crippen LogP contribution in [0.15, 0.2) is 62.4 Å². The first kappa shape index (κ1) is 25.9. The third-order valence-corrected chi connectivity index (χ3v) is 8.17. The maximum atomic E-state index is 13.1. The summed E-state index contributed by atoms with van der Waals surface area (Å²) in [5, 5.41) is 7.93. The zero-order valence-corrected chi connectivity index (χ0v) is 21.9. The van der Waals surface area contributed by atoms with Crippen molar-refractivity contribution >= 4 is 5.69 Å². The van der Waals surface area contributed by atoms with Gasteiger partial charge in [-0.05, 0) is 74.9 Å². The smallest absolute Gasteiger partial charge is 0.405 e. The van der Waals surface area contributed by atoms with Crippen LogP contribution in [-0.4, -0.2) is 39.8 Å². The van der Waals surface area contributed by atoms with Crippen molar-refractivity contribution in [2.75, 3.05) is 4.90 Å². The van der Waals surface area contributed by atoms with Crippen LogP contribution >= 0.6 is 0 Å². The summed E-state index contributed by atoms with van der Waals surface area (Å²) >= 11 is 0. The van der Waals surface area contributed by atoms with Gasteiger partial charge >= 0.3 is 12.1 Å². The number of rotatable bonds is 8. The van der Waals surface area contributed by atoms with E-state index in [1.54, 1.807) is 12.1 Å². The molecule has 3 fully saturated rings. The largest absolute Gasteiger partial charge is 0.573 e. The van der Waals surface area contributed by atoms with Gasteiger partial charge in [0.2, 0.25) is 0 Å². The van der Waals surface area contributed by atoms with E-state index in [2.05, 4.69) is 29.5 Å². The van der Waals surface area contributed by atoms with E-state index in [0.29, 0.717) is 34.9 Å². The molecule has 1 N–H and O–H groups in total. The number of fused-ring (bicyclic) bond motifs is 2. The van der Waals surface area contributed by atoms with E-state index in [1.165, 1.54) is 12.1 Å². The van der Waals surface area contributed by atoms with Crippen LogP contribution in [-0.2, 0) is 11.3 Å². The van der Waals surface area contributed by atoms with E-state index < -0.39 is 12.1 Å². The van der Waals surface area contributed by atoms with E-state index in [9.17, 15) is 18.0 Å². The van der Waals surface area contributed by atoms with Crippen molar-refractivity contribution in [1.82, 2.24) is 15.3 Å². The number of aromatic amines is 1. The fourth-order valence-corrected chi connectivity index (χ4v) is 6.25. The van der Waals surface area contributed by atoms with Gasteiger partial charge in [-0.1, -0.05) is 22.4 Å². The number of hydrogen-bond acceptors (Lipinski definition) is 8. The molecule has 2 aromatic carbocycles. The van der Waals surface area contributed by atoms with Crippen molar-refractivity contribution in [1.29, 1.82) is 0 Å². The number of ether oxygens (including phenoxy) is 2. The topological polar surface area (TPSA) is 107 Å². The van der Waals surface area contributed by atoms with Gasteiger partial charge in [0.15, 0.2) is 5.82 Å². The zero-order valence-electron chi connectivity index (χ0n) is 21.9. The summed E-state index contributed by atoms with van der Waals surface area (Å²) in [4.78, 5) is 16.3. The van der Waals surface area contributed by atoms with Gasteiger partial charge in [0.05, 0.1) is 12.7 Å². The average molecular weight is 569 g/mol. The highest BCUT2D eigenvalue weighted by atomic mass is 19.4. The van der Waals surface area contributed by atoms with E-state index in [-0.39, 0.29) is 29.9 Å². The molecule has 2 aliphatic heterocycles. The summed E-state index contributed by atoms with van der Waals surface area (Å²) in [6.07, 6.45) is 0.864. The van der Waals surface area contributed by atoms with Gasteiger partial charge in [-0.25, -0.2) is 4.79 Å². The minimum Gasteiger partial charge on any atom is -0.405 e. The molecule has 2 saturated heterocycles. The highest BCUT2D eigenvalue weighted by Crippen LogP contribution is 2.46. The molecule has 4 heterocycles. The van der Waals surface area contributed by atoms with Gasteiger partial charge < -0.3 is 18.9 Å². The van der Waals surface area contributed by atoms with Crippen molar-refractivity contribution in [2.24, 2.45) is 0 Å². The Kier molecular flexibility index (Phi) is 6.37. The van der Waals surface area contributed by atoms with Crippen LogP contribution in [0.5, 0.6) is 5.75 Å². The van der Waals surface area contributed by atoms with E-state index in [0.717, 1.165) is 49.8 Å². The third-order valence-electron chi connectivity index (χ3n) is 8.17. The summed E-state index contributed by atoms with van der Waals surface area (Å²) in [6, 6.07) is 14.5. The second-order valence-corrected chi connectivity index (χ2v) is 10.9. The Bertz CT molecular complexity index is 1580. The number of hydrogen-bond donors (Lipinski definition) is 1. The second kappa shape index (κ2) is 10.1. The Balaban J connectivity index is 1.07. The van der Waals surface area contributed by atoms with E-state index >= 15 is 0 Å². The Labute approximate surface area is 232 Å². The Hall–Kier alpha value is -4.06. The summed E-state index contributed by atoms with van der Waals surface area (Å²) in [6.45, 7) is 0.208. The number of piperidine rings is 1. The minimum atomic E-state index is -4.82. The highest BCUT2D eigenvalue weighted by molar-refractivity contribution is 5.70. The van der Waals surface area contributed by atoms with Gasteiger partial charge in [-0.3, -0.25) is 9.51 Å². The highest BCUT2D eigenvalue weighted by Gasteiger charge is 2.42. The first-order valence-corrected chi connectivity index (χ1v) is 13.7. The second-order valence-electron chi connectivity index (χ2n) is 10.9. The lowest BCUT2D eigenvalue weighted by atomic mass is 9.98.